The van der Waals surface area contributed by atoms with Crippen molar-refractivity contribution in [3.05, 3.63) is 77.3 Å². The summed E-state index contributed by atoms with van der Waals surface area (Å²) in [6, 6.07) is 13.2. The third-order valence-electron chi connectivity index (χ3n) is 4.74. The van der Waals surface area contributed by atoms with Gasteiger partial charge in [-0.2, -0.15) is 0 Å². The Morgan fingerprint density at radius 3 is 2.41 bits per heavy atom. The van der Waals surface area contributed by atoms with Crippen LogP contribution in [0.3, 0.4) is 0 Å². The highest BCUT2D eigenvalue weighted by atomic mass is 19.1. The molecular formula is C23H23FO5. The maximum atomic E-state index is 13.3. The monoisotopic (exact) mass is 398 g/mol. The maximum absolute atomic E-state index is 13.3. The summed E-state index contributed by atoms with van der Waals surface area (Å²) in [6.45, 7) is 0. The van der Waals surface area contributed by atoms with Crippen molar-refractivity contribution in [1.29, 1.82) is 0 Å². The second-order valence-electron chi connectivity index (χ2n) is 6.88. The molecule has 0 radical (unpaired) electrons. The van der Waals surface area contributed by atoms with Crippen LogP contribution in [0, 0.1) is 11.7 Å². The number of carbonyl (C=O) groups is 2. The van der Waals surface area contributed by atoms with E-state index in [2.05, 4.69) is 0 Å². The van der Waals surface area contributed by atoms with E-state index in [9.17, 15) is 14.0 Å². The van der Waals surface area contributed by atoms with Gasteiger partial charge in [0.25, 0.3) is 0 Å². The average molecular weight is 398 g/mol. The lowest BCUT2D eigenvalue weighted by atomic mass is 9.93. The molecular weight excluding hydrogens is 375 g/mol. The fraction of sp³-hybridized carbons (Fsp3) is 0.304. The van der Waals surface area contributed by atoms with Crippen LogP contribution < -0.4 is 0 Å². The van der Waals surface area contributed by atoms with E-state index < -0.39 is 12.1 Å². The molecule has 0 aromatic heterocycles. The fourth-order valence-electron chi connectivity index (χ4n) is 3.08. The van der Waals surface area contributed by atoms with Crippen LogP contribution >= 0.6 is 0 Å². The van der Waals surface area contributed by atoms with Crippen LogP contribution in [0.25, 0.3) is 5.57 Å². The van der Waals surface area contributed by atoms with Crippen molar-refractivity contribution in [1.82, 2.24) is 0 Å². The Bertz CT molecular complexity index is 900. The largest absolute Gasteiger partial charge is 0.503 e. The first-order chi connectivity index (χ1) is 14.0. The molecule has 1 saturated carbocycles. The van der Waals surface area contributed by atoms with E-state index in [1.807, 2.05) is 6.07 Å². The number of hydrogen-bond acceptors (Lipinski definition) is 5. The van der Waals surface area contributed by atoms with E-state index in [1.54, 1.807) is 30.3 Å². The van der Waals surface area contributed by atoms with Crippen LogP contribution in [0.1, 0.15) is 35.6 Å². The Hall–Kier alpha value is -3.15. The zero-order chi connectivity index (χ0) is 20.8. The maximum Gasteiger partial charge on any atom is 0.341 e. The first-order valence-corrected chi connectivity index (χ1v) is 9.39. The summed E-state index contributed by atoms with van der Waals surface area (Å²) >= 11 is 0. The molecule has 5 nitrogen and oxygen atoms in total. The van der Waals surface area contributed by atoms with Crippen LogP contribution in [-0.4, -0.2) is 26.2 Å². The van der Waals surface area contributed by atoms with E-state index in [-0.39, 0.29) is 23.3 Å². The molecule has 1 aliphatic carbocycles. The van der Waals surface area contributed by atoms with Crippen molar-refractivity contribution in [3.63, 3.8) is 0 Å². The van der Waals surface area contributed by atoms with E-state index >= 15 is 0 Å². The number of rotatable bonds is 8. The van der Waals surface area contributed by atoms with Crippen LogP contribution in [0.2, 0.25) is 0 Å². The first kappa shape index (κ1) is 20.6. The molecule has 6 heteroatoms. The van der Waals surface area contributed by atoms with Gasteiger partial charge in [-0.3, -0.25) is 4.79 Å². The number of hydrogen-bond donors (Lipinski definition) is 0. The second-order valence-corrected chi connectivity index (χ2v) is 6.88. The van der Waals surface area contributed by atoms with Gasteiger partial charge in [-0.05, 0) is 36.1 Å². The Kier molecular flexibility index (Phi) is 6.65. The molecule has 2 aromatic carbocycles. The third kappa shape index (κ3) is 5.22. The predicted molar refractivity (Wildman–Crippen MR) is 105 cm³/mol. The second kappa shape index (κ2) is 9.37. The highest BCUT2D eigenvalue weighted by Crippen LogP contribution is 2.35. The van der Waals surface area contributed by atoms with Crippen molar-refractivity contribution in [2.24, 2.45) is 5.92 Å². The summed E-state index contributed by atoms with van der Waals surface area (Å²) in [7, 11) is 2.73. The summed E-state index contributed by atoms with van der Waals surface area (Å²) < 4.78 is 29.1. The summed E-state index contributed by atoms with van der Waals surface area (Å²) in [4.78, 5) is 24.7. The molecule has 1 unspecified atom stereocenters. The van der Waals surface area contributed by atoms with Gasteiger partial charge in [-0.1, -0.05) is 36.4 Å². The van der Waals surface area contributed by atoms with Crippen molar-refractivity contribution >= 4 is 17.5 Å². The zero-order valence-corrected chi connectivity index (χ0v) is 16.4. The highest BCUT2D eigenvalue weighted by Gasteiger charge is 2.34. The lowest BCUT2D eigenvalue weighted by molar-refractivity contribution is -0.151. The Morgan fingerprint density at radius 2 is 1.79 bits per heavy atom. The normalized spacial score (nSPS) is 14.8. The third-order valence-corrected chi connectivity index (χ3v) is 4.74. The number of benzene rings is 2. The number of carbonyl (C=O) groups excluding carboxylic acids is 2. The van der Waals surface area contributed by atoms with Crippen LogP contribution in [0.5, 0.6) is 0 Å². The van der Waals surface area contributed by atoms with E-state index in [1.165, 1.54) is 32.6 Å². The topological polar surface area (TPSA) is 61.8 Å². The van der Waals surface area contributed by atoms with Gasteiger partial charge in [-0.25, -0.2) is 9.18 Å². The minimum absolute atomic E-state index is 0.0764. The molecule has 0 heterocycles. The predicted octanol–water partition coefficient (Wildman–Crippen LogP) is 4.22. The van der Waals surface area contributed by atoms with Gasteiger partial charge in [0.1, 0.15) is 17.5 Å². The standard InChI is InChI=1S/C23H23FO5/c1-27-14-20(23(26)28-2)18-5-3-4-6-19(18)21(29-22(25)16-9-10-16)13-15-7-11-17(24)12-8-15/h3-8,11-12,14,16,21H,9-10,13H2,1-2H3. The molecule has 3 rings (SSSR count). The van der Waals surface area contributed by atoms with Crippen LogP contribution in [0.15, 0.2) is 54.8 Å². The molecule has 1 atom stereocenters. The SMILES string of the molecule is COC=C(C(=O)OC)c1ccccc1C(Cc1ccc(F)cc1)OC(=O)C1CC1. The van der Waals surface area contributed by atoms with Crippen molar-refractivity contribution in [2.75, 3.05) is 14.2 Å². The molecule has 0 amide bonds. The number of methoxy groups -OCH3 is 2. The molecule has 2 aromatic rings. The fourth-order valence-corrected chi connectivity index (χ4v) is 3.08. The number of halogens is 1. The van der Waals surface area contributed by atoms with Crippen molar-refractivity contribution in [3.8, 4) is 0 Å². The Balaban J connectivity index is 2.00. The Labute approximate surface area is 169 Å². The number of esters is 2. The molecule has 0 bridgehead atoms. The molecule has 29 heavy (non-hydrogen) atoms. The van der Waals surface area contributed by atoms with E-state index in [4.69, 9.17) is 14.2 Å². The first-order valence-electron chi connectivity index (χ1n) is 9.39. The van der Waals surface area contributed by atoms with Gasteiger partial charge in [0.05, 0.1) is 26.4 Å². The van der Waals surface area contributed by atoms with Gasteiger partial charge in [0.15, 0.2) is 0 Å². The summed E-state index contributed by atoms with van der Waals surface area (Å²) in [5.74, 6) is -1.24. The van der Waals surface area contributed by atoms with Gasteiger partial charge in [0, 0.05) is 12.0 Å². The number of ether oxygens (including phenoxy) is 3. The smallest absolute Gasteiger partial charge is 0.341 e. The average Bonchev–Trinajstić information content (AvgIpc) is 3.58. The molecule has 1 aliphatic rings. The minimum Gasteiger partial charge on any atom is -0.503 e. The molecule has 152 valence electrons. The zero-order valence-electron chi connectivity index (χ0n) is 16.4. The summed E-state index contributed by atoms with van der Waals surface area (Å²) in [5, 5.41) is 0. The van der Waals surface area contributed by atoms with Gasteiger partial charge >= 0.3 is 11.9 Å². The molecule has 0 spiro atoms. The molecule has 0 saturated heterocycles. The lowest BCUT2D eigenvalue weighted by Gasteiger charge is -2.22. The van der Waals surface area contributed by atoms with Gasteiger partial charge < -0.3 is 14.2 Å². The van der Waals surface area contributed by atoms with Crippen molar-refractivity contribution in [2.45, 2.75) is 25.4 Å². The molecule has 1 fully saturated rings. The lowest BCUT2D eigenvalue weighted by Crippen LogP contribution is -2.17. The minimum atomic E-state index is -0.644. The van der Waals surface area contributed by atoms with Gasteiger partial charge in [0.2, 0.25) is 0 Å². The van der Waals surface area contributed by atoms with Crippen molar-refractivity contribution < 1.29 is 28.2 Å². The van der Waals surface area contributed by atoms with Crippen LogP contribution in [-0.2, 0) is 30.2 Å². The Morgan fingerprint density at radius 1 is 1.10 bits per heavy atom. The quantitative estimate of drug-likeness (QED) is 0.378. The summed E-state index contributed by atoms with van der Waals surface area (Å²) in [5.41, 5.74) is 2.23. The van der Waals surface area contributed by atoms with E-state index in [0.717, 1.165) is 18.4 Å². The van der Waals surface area contributed by atoms with Crippen LogP contribution in [0.4, 0.5) is 4.39 Å². The highest BCUT2D eigenvalue weighted by molar-refractivity contribution is 6.16. The van der Waals surface area contributed by atoms with Gasteiger partial charge in [-0.15, -0.1) is 0 Å². The molecule has 0 N–H and O–H groups in total. The summed E-state index contributed by atoms with van der Waals surface area (Å²) in [6.07, 6.45) is 2.65. The molecule has 0 aliphatic heterocycles. The van der Waals surface area contributed by atoms with E-state index in [0.29, 0.717) is 17.5 Å².